The van der Waals surface area contributed by atoms with Crippen LogP contribution in [0.2, 0.25) is 0 Å². The number of benzene rings is 1. The highest BCUT2D eigenvalue weighted by atomic mass is 16.2. The second-order valence-electron chi connectivity index (χ2n) is 6.60. The largest absolute Gasteiger partial charge is 0.368 e. The van der Waals surface area contributed by atoms with Gasteiger partial charge in [0.25, 0.3) is 0 Å². The molecule has 0 aliphatic carbocycles. The fourth-order valence-electron chi connectivity index (χ4n) is 3.48. The number of rotatable bonds is 5. The van der Waals surface area contributed by atoms with Gasteiger partial charge in [-0.05, 0) is 24.8 Å². The fraction of sp³-hybridized carbons (Fsp3) is 0.444. The van der Waals surface area contributed by atoms with Crippen LogP contribution in [-0.2, 0) is 19.2 Å². The molecule has 1 aromatic rings. The van der Waals surface area contributed by atoms with Crippen LogP contribution in [0.25, 0.3) is 0 Å². The van der Waals surface area contributed by atoms with E-state index in [-0.39, 0.29) is 18.2 Å². The van der Waals surface area contributed by atoms with Crippen molar-refractivity contribution in [1.82, 2.24) is 15.5 Å². The van der Waals surface area contributed by atoms with Crippen molar-refractivity contribution >= 4 is 23.6 Å². The van der Waals surface area contributed by atoms with Crippen molar-refractivity contribution in [3.63, 3.8) is 0 Å². The maximum Gasteiger partial charge on any atom is 0.250 e. The molecular formula is C18H22N4O4. The third-order valence-electron chi connectivity index (χ3n) is 4.84. The minimum Gasteiger partial charge on any atom is -0.368 e. The Hall–Kier alpha value is -2.90. The summed E-state index contributed by atoms with van der Waals surface area (Å²) in [7, 11) is 0. The molecule has 2 aliphatic heterocycles. The van der Waals surface area contributed by atoms with E-state index in [2.05, 4.69) is 10.6 Å². The second-order valence-corrected chi connectivity index (χ2v) is 6.60. The monoisotopic (exact) mass is 358 g/mol. The van der Waals surface area contributed by atoms with E-state index in [1.807, 2.05) is 6.07 Å². The number of nitrogens with one attached hydrogen (secondary N) is 2. The van der Waals surface area contributed by atoms with Gasteiger partial charge < -0.3 is 21.3 Å². The summed E-state index contributed by atoms with van der Waals surface area (Å²) in [6, 6.07) is 6.61. The maximum atomic E-state index is 13.1. The Morgan fingerprint density at radius 3 is 2.54 bits per heavy atom. The standard InChI is InChI=1S/C18H22N4O4/c19-16(24)13-7-4-10-22(13)18(26)15(11-5-2-1-3-6-11)21-17(25)12-8-9-14(23)20-12/h1-3,5-6,12-13,15H,4,7-10H2,(H2,19,24)(H,20,23)(H,21,25)/t12-,13-,15-/m0/s1. The number of amides is 4. The van der Waals surface area contributed by atoms with Gasteiger partial charge in [0, 0.05) is 13.0 Å². The summed E-state index contributed by atoms with van der Waals surface area (Å²) in [5, 5.41) is 5.33. The molecule has 2 saturated heterocycles. The topological polar surface area (TPSA) is 122 Å². The molecule has 0 spiro atoms. The van der Waals surface area contributed by atoms with E-state index in [1.54, 1.807) is 24.3 Å². The van der Waals surface area contributed by atoms with Crippen molar-refractivity contribution in [2.45, 2.75) is 43.8 Å². The number of hydrogen-bond donors (Lipinski definition) is 3. The van der Waals surface area contributed by atoms with Crippen molar-refractivity contribution in [1.29, 1.82) is 0 Å². The van der Waals surface area contributed by atoms with Crippen molar-refractivity contribution < 1.29 is 19.2 Å². The van der Waals surface area contributed by atoms with Gasteiger partial charge in [-0.25, -0.2) is 0 Å². The van der Waals surface area contributed by atoms with Crippen LogP contribution in [0.4, 0.5) is 0 Å². The number of carbonyl (C=O) groups is 4. The zero-order chi connectivity index (χ0) is 18.7. The van der Waals surface area contributed by atoms with E-state index < -0.39 is 29.9 Å². The molecule has 0 unspecified atom stereocenters. The van der Waals surface area contributed by atoms with Gasteiger partial charge in [-0.2, -0.15) is 0 Å². The lowest BCUT2D eigenvalue weighted by Gasteiger charge is -2.28. The highest BCUT2D eigenvalue weighted by molar-refractivity contribution is 5.96. The van der Waals surface area contributed by atoms with Gasteiger partial charge >= 0.3 is 0 Å². The average Bonchev–Trinajstić information content (AvgIpc) is 3.28. The lowest BCUT2D eigenvalue weighted by Crippen LogP contribution is -2.51. The summed E-state index contributed by atoms with van der Waals surface area (Å²) in [6.45, 7) is 0.422. The fourth-order valence-corrected chi connectivity index (χ4v) is 3.48. The average molecular weight is 358 g/mol. The van der Waals surface area contributed by atoms with Gasteiger partial charge in [0.1, 0.15) is 18.1 Å². The normalized spacial score (nSPS) is 23.4. The summed E-state index contributed by atoms with van der Waals surface area (Å²) in [4.78, 5) is 50.0. The van der Waals surface area contributed by atoms with Crippen LogP contribution in [0.1, 0.15) is 37.3 Å². The molecule has 8 heteroatoms. The molecule has 138 valence electrons. The molecular weight excluding hydrogens is 336 g/mol. The molecule has 2 heterocycles. The predicted molar refractivity (Wildman–Crippen MR) is 92.4 cm³/mol. The van der Waals surface area contributed by atoms with Crippen LogP contribution >= 0.6 is 0 Å². The molecule has 26 heavy (non-hydrogen) atoms. The maximum absolute atomic E-state index is 13.1. The minimum absolute atomic E-state index is 0.180. The number of nitrogens with zero attached hydrogens (tertiary/aromatic N) is 1. The Bertz CT molecular complexity index is 721. The van der Waals surface area contributed by atoms with Crippen molar-refractivity contribution in [3.8, 4) is 0 Å². The molecule has 0 saturated carbocycles. The van der Waals surface area contributed by atoms with Crippen LogP contribution in [-0.4, -0.2) is 47.2 Å². The lowest BCUT2D eigenvalue weighted by atomic mass is 10.0. The van der Waals surface area contributed by atoms with Crippen LogP contribution in [0, 0.1) is 0 Å². The summed E-state index contributed by atoms with van der Waals surface area (Å²) in [5.41, 5.74) is 6.03. The van der Waals surface area contributed by atoms with E-state index >= 15 is 0 Å². The molecule has 0 bridgehead atoms. The first kappa shape index (κ1) is 17.9. The van der Waals surface area contributed by atoms with Gasteiger partial charge in [-0.1, -0.05) is 30.3 Å². The number of nitrogens with two attached hydrogens (primary N) is 1. The minimum atomic E-state index is -0.929. The zero-order valence-corrected chi connectivity index (χ0v) is 14.3. The van der Waals surface area contributed by atoms with Gasteiger partial charge in [-0.3, -0.25) is 19.2 Å². The van der Waals surface area contributed by atoms with E-state index in [1.165, 1.54) is 4.90 Å². The van der Waals surface area contributed by atoms with Crippen LogP contribution in [0.15, 0.2) is 30.3 Å². The van der Waals surface area contributed by atoms with Gasteiger partial charge in [-0.15, -0.1) is 0 Å². The van der Waals surface area contributed by atoms with E-state index in [9.17, 15) is 19.2 Å². The smallest absolute Gasteiger partial charge is 0.250 e. The Morgan fingerprint density at radius 1 is 1.19 bits per heavy atom. The molecule has 1 aromatic carbocycles. The van der Waals surface area contributed by atoms with Crippen molar-refractivity contribution in [3.05, 3.63) is 35.9 Å². The molecule has 0 aromatic heterocycles. The summed E-state index contributed by atoms with van der Waals surface area (Å²) >= 11 is 0. The van der Waals surface area contributed by atoms with E-state index in [4.69, 9.17) is 5.73 Å². The first-order valence-electron chi connectivity index (χ1n) is 8.72. The summed E-state index contributed by atoms with van der Waals surface area (Å²) in [6.07, 6.45) is 1.90. The molecule has 0 radical (unpaired) electrons. The lowest BCUT2D eigenvalue weighted by molar-refractivity contribution is -0.141. The molecule has 2 fully saturated rings. The van der Waals surface area contributed by atoms with Crippen molar-refractivity contribution in [2.24, 2.45) is 5.73 Å². The van der Waals surface area contributed by atoms with E-state index in [0.717, 1.165) is 0 Å². The van der Waals surface area contributed by atoms with Crippen LogP contribution < -0.4 is 16.4 Å². The number of primary amides is 1. The molecule has 2 aliphatic rings. The third kappa shape index (κ3) is 3.68. The molecule has 3 atom stereocenters. The Balaban J connectivity index is 1.82. The highest BCUT2D eigenvalue weighted by Crippen LogP contribution is 2.24. The van der Waals surface area contributed by atoms with Gasteiger partial charge in [0.15, 0.2) is 0 Å². The van der Waals surface area contributed by atoms with Crippen LogP contribution in [0.3, 0.4) is 0 Å². The first-order chi connectivity index (χ1) is 12.5. The van der Waals surface area contributed by atoms with Gasteiger partial charge in [0.2, 0.25) is 23.6 Å². The van der Waals surface area contributed by atoms with Crippen LogP contribution in [0.5, 0.6) is 0 Å². The first-order valence-corrected chi connectivity index (χ1v) is 8.72. The number of hydrogen-bond acceptors (Lipinski definition) is 4. The summed E-state index contributed by atoms with van der Waals surface area (Å²) in [5.74, 6) is -1.50. The molecule has 4 N–H and O–H groups in total. The Labute approximate surface area is 151 Å². The molecule has 8 nitrogen and oxygen atoms in total. The SMILES string of the molecule is NC(=O)[C@@H]1CCCN1C(=O)[C@@H](NC(=O)[C@@H]1CCC(=O)N1)c1ccccc1. The van der Waals surface area contributed by atoms with Gasteiger partial charge in [0.05, 0.1) is 0 Å². The Kier molecular flexibility index (Phi) is 5.20. The highest BCUT2D eigenvalue weighted by Gasteiger charge is 2.38. The number of likely N-dealkylation sites (tertiary alicyclic amines) is 1. The van der Waals surface area contributed by atoms with E-state index in [0.29, 0.717) is 31.4 Å². The molecule has 4 amide bonds. The zero-order valence-electron chi connectivity index (χ0n) is 14.3. The quantitative estimate of drug-likeness (QED) is 0.663. The Morgan fingerprint density at radius 2 is 1.92 bits per heavy atom. The predicted octanol–water partition coefficient (Wildman–Crippen LogP) is -0.401. The number of carbonyl (C=O) groups excluding carboxylic acids is 4. The summed E-state index contributed by atoms with van der Waals surface area (Å²) < 4.78 is 0. The molecule has 3 rings (SSSR count). The van der Waals surface area contributed by atoms with Crippen molar-refractivity contribution in [2.75, 3.05) is 6.54 Å². The second kappa shape index (κ2) is 7.55. The third-order valence-corrected chi connectivity index (χ3v) is 4.84.